The molecule has 0 radical (unpaired) electrons. The van der Waals surface area contributed by atoms with E-state index in [-0.39, 0.29) is 5.41 Å². The van der Waals surface area contributed by atoms with E-state index in [1.165, 1.54) is 16.7 Å². The molecule has 0 fully saturated rings. The van der Waals surface area contributed by atoms with Gasteiger partial charge in [0.05, 0.1) is 0 Å². The monoisotopic (exact) mass is 248 g/mol. The van der Waals surface area contributed by atoms with E-state index in [9.17, 15) is 0 Å². The second kappa shape index (κ2) is 6.97. The van der Waals surface area contributed by atoms with E-state index in [1.54, 1.807) is 0 Å². The maximum Gasteiger partial charge on any atom is -0.0108 e. The molecule has 0 aromatic rings. The van der Waals surface area contributed by atoms with E-state index in [2.05, 4.69) is 74.1 Å². The Balaban J connectivity index is 5.28. The van der Waals surface area contributed by atoms with Crippen LogP contribution in [0, 0.1) is 17.3 Å². The van der Waals surface area contributed by atoms with Gasteiger partial charge >= 0.3 is 0 Å². The first-order chi connectivity index (χ1) is 8.11. The summed E-state index contributed by atoms with van der Waals surface area (Å²) in [5.41, 5.74) is 4.57. The summed E-state index contributed by atoms with van der Waals surface area (Å²) in [7, 11) is 0. The van der Waals surface area contributed by atoms with Crippen LogP contribution in [0.4, 0.5) is 0 Å². The topological polar surface area (TPSA) is 0 Å². The molecule has 0 nitrogen and oxygen atoms in total. The van der Waals surface area contributed by atoms with Gasteiger partial charge in [0, 0.05) is 0 Å². The highest BCUT2D eigenvalue weighted by Crippen LogP contribution is 2.36. The van der Waals surface area contributed by atoms with Crippen LogP contribution in [0.5, 0.6) is 0 Å². The zero-order chi connectivity index (χ0) is 14.5. The smallest absolute Gasteiger partial charge is 0.0108 e. The highest BCUT2D eigenvalue weighted by Gasteiger charge is 2.25. The standard InChI is InChI=1S/C18H32/c1-10-18(8,9)17(11-15(6)13(2)3)12-16(7)14(4)5/h10-11,13,17H,1,12H2,2-9H3. The third-order valence-corrected chi connectivity index (χ3v) is 4.24. The number of allylic oxidation sites excluding steroid dienone is 5. The van der Waals surface area contributed by atoms with Gasteiger partial charge in [-0.15, -0.1) is 6.58 Å². The summed E-state index contributed by atoms with van der Waals surface area (Å²) in [6.07, 6.45) is 5.68. The van der Waals surface area contributed by atoms with Crippen LogP contribution in [0.25, 0.3) is 0 Å². The minimum absolute atomic E-state index is 0.146. The number of hydrogen-bond donors (Lipinski definition) is 0. The largest absolute Gasteiger partial charge is 0.103 e. The molecule has 0 aromatic carbocycles. The van der Waals surface area contributed by atoms with Crippen molar-refractivity contribution in [1.82, 2.24) is 0 Å². The Hall–Kier alpha value is -0.780. The lowest BCUT2D eigenvalue weighted by molar-refractivity contribution is 0.337. The molecule has 18 heavy (non-hydrogen) atoms. The fourth-order valence-corrected chi connectivity index (χ4v) is 1.73. The lowest BCUT2D eigenvalue weighted by Crippen LogP contribution is -2.21. The van der Waals surface area contributed by atoms with E-state index in [0.717, 1.165) is 6.42 Å². The number of rotatable bonds is 6. The molecule has 0 aromatic heterocycles. The first-order valence-corrected chi connectivity index (χ1v) is 7.06. The fourth-order valence-electron chi connectivity index (χ4n) is 1.73. The van der Waals surface area contributed by atoms with Gasteiger partial charge in [0.1, 0.15) is 0 Å². The van der Waals surface area contributed by atoms with Gasteiger partial charge in [-0.25, -0.2) is 0 Å². The Labute approximate surface area is 115 Å². The van der Waals surface area contributed by atoms with Gasteiger partial charge in [0.15, 0.2) is 0 Å². The third-order valence-electron chi connectivity index (χ3n) is 4.24. The molecule has 0 aliphatic carbocycles. The van der Waals surface area contributed by atoms with Crippen molar-refractivity contribution in [3.05, 3.63) is 35.5 Å². The summed E-state index contributed by atoms with van der Waals surface area (Å²) in [5.74, 6) is 1.16. The molecule has 0 aliphatic rings. The molecule has 1 unspecified atom stereocenters. The molecule has 0 rings (SSSR count). The van der Waals surface area contributed by atoms with E-state index in [4.69, 9.17) is 0 Å². The van der Waals surface area contributed by atoms with Crippen LogP contribution in [0.3, 0.4) is 0 Å². The van der Waals surface area contributed by atoms with E-state index < -0.39 is 0 Å². The van der Waals surface area contributed by atoms with Crippen molar-refractivity contribution in [2.24, 2.45) is 17.3 Å². The Morgan fingerprint density at radius 2 is 1.61 bits per heavy atom. The average Bonchev–Trinajstić information content (AvgIpc) is 2.27. The van der Waals surface area contributed by atoms with Gasteiger partial charge in [-0.3, -0.25) is 0 Å². The Morgan fingerprint density at radius 3 is 1.94 bits per heavy atom. The van der Waals surface area contributed by atoms with Crippen molar-refractivity contribution in [2.45, 2.75) is 61.8 Å². The quantitative estimate of drug-likeness (QED) is 0.493. The zero-order valence-electron chi connectivity index (χ0n) is 13.7. The molecule has 0 N–H and O–H groups in total. The van der Waals surface area contributed by atoms with Crippen molar-refractivity contribution in [2.75, 3.05) is 0 Å². The van der Waals surface area contributed by atoms with Crippen molar-refractivity contribution < 1.29 is 0 Å². The Bertz CT molecular complexity index is 333. The van der Waals surface area contributed by atoms with Crippen LogP contribution in [-0.2, 0) is 0 Å². The maximum atomic E-state index is 4.01. The predicted octanol–water partition coefficient (Wildman–Crippen LogP) is 6.16. The van der Waals surface area contributed by atoms with E-state index in [1.807, 2.05) is 0 Å². The van der Waals surface area contributed by atoms with Crippen LogP contribution in [0.1, 0.15) is 61.8 Å². The minimum atomic E-state index is 0.146. The molecule has 0 spiro atoms. The predicted molar refractivity (Wildman–Crippen MR) is 84.7 cm³/mol. The van der Waals surface area contributed by atoms with Crippen molar-refractivity contribution in [3.63, 3.8) is 0 Å². The highest BCUT2D eigenvalue weighted by molar-refractivity contribution is 5.16. The third kappa shape index (κ3) is 5.25. The lowest BCUT2D eigenvalue weighted by Gasteiger charge is -2.31. The minimum Gasteiger partial charge on any atom is -0.103 e. The van der Waals surface area contributed by atoms with Crippen LogP contribution in [0.15, 0.2) is 35.5 Å². The fraction of sp³-hybridized carbons (Fsp3) is 0.667. The van der Waals surface area contributed by atoms with Crippen LogP contribution >= 0.6 is 0 Å². The normalized spacial score (nSPS) is 14.6. The average molecular weight is 248 g/mol. The van der Waals surface area contributed by atoms with Gasteiger partial charge in [0.25, 0.3) is 0 Å². The first kappa shape index (κ1) is 17.2. The van der Waals surface area contributed by atoms with E-state index in [0.29, 0.717) is 11.8 Å². The molecule has 0 amide bonds. The highest BCUT2D eigenvalue weighted by atomic mass is 14.3. The van der Waals surface area contributed by atoms with Crippen molar-refractivity contribution >= 4 is 0 Å². The summed E-state index contributed by atoms with van der Waals surface area (Å²) in [6.45, 7) is 22.0. The summed E-state index contributed by atoms with van der Waals surface area (Å²) in [4.78, 5) is 0. The number of hydrogen-bond acceptors (Lipinski definition) is 0. The second-order valence-electron chi connectivity index (χ2n) is 6.68. The second-order valence-corrected chi connectivity index (χ2v) is 6.68. The summed E-state index contributed by atoms with van der Waals surface area (Å²) in [6, 6.07) is 0. The van der Waals surface area contributed by atoms with Crippen LogP contribution in [0.2, 0.25) is 0 Å². The van der Waals surface area contributed by atoms with Gasteiger partial charge in [-0.05, 0) is 51.4 Å². The van der Waals surface area contributed by atoms with Crippen molar-refractivity contribution in [3.8, 4) is 0 Å². The molecular formula is C18H32. The van der Waals surface area contributed by atoms with Crippen LogP contribution < -0.4 is 0 Å². The maximum absolute atomic E-state index is 4.01. The molecule has 0 aliphatic heterocycles. The molecule has 0 bridgehead atoms. The summed E-state index contributed by atoms with van der Waals surface area (Å²) >= 11 is 0. The molecule has 0 saturated heterocycles. The van der Waals surface area contributed by atoms with Crippen LogP contribution in [-0.4, -0.2) is 0 Å². The zero-order valence-corrected chi connectivity index (χ0v) is 13.7. The summed E-state index contributed by atoms with van der Waals surface area (Å²) in [5, 5.41) is 0. The molecule has 1 atom stereocenters. The SMILES string of the molecule is C=CC(C)(C)C(C=C(C)C(C)C)CC(C)=C(C)C. The molecule has 0 heterocycles. The lowest BCUT2D eigenvalue weighted by atomic mass is 9.74. The molecule has 0 saturated carbocycles. The molecule has 0 heteroatoms. The van der Waals surface area contributed by atoms with E-state index >= 15 is 0 Å². The Kier molecular flexibility index (Phi) is 6.67. The molecular weight excluding hydrogens is 216 g/mol. The first-order valence-electron chi connectivity index (χ1n) is 7.06. The van der Waals surface area contributed by atoms with Crippen molar-refractivity contribution in [1.29, 1.82) is 0 Å². The van der Waals surface area contributed by atoms with Gasteiger partial charge in [-0.2, -0.15) is 0 Å². The van der Waals surface area contributed by atoms with Gasteiger partial charge in [0.2, 0.25) is 0 Å². The molecule has 104 valence electrons. The van der Waals surface area contributed by atoms with Gasteiger partial charge < -0.3 is 0 Å². The Morgan fingerprint density at radius 1 is 1.11 bits per heavy atom. The van der Waals surface area contributed by atoms with Gasteiger partial charge in [-0.1, -0.05) is 56.6 Å². The summed E-state index contributed by atoms with van der Waals surface area (Å²) < 4.78 is 0.